The van der Waals surface area contributed by atoms with Crippen molar-refractivity contribution in [3.63, 3.8) is 0 Å². The number of pyridine rings is 1. The predicted octanol–water partition coefficient (Wildman–Crippen LogP) is 4.30. The van der Waals surface area contributed by atoms with Crippen LogP contribution in [0.4, 0.5) is 23.3 Å². The van der Waals surface area contributed by atoms with Crippen LogP contribution in [0.3, 0.4) is 0 Å². The summed E-state index contributed by atoms with van der Waals surface area (Å²) in [6.07, 6.45) is 7.38. The van der Waals surface area contributed by atoms with Gasteiger partial charge in [0.05, 0.1) is 15.9 Å². The summed E-state index contributed by atoms with van der Waals surface area (Å²) in [5.41, 5.74) is 0.443. The Morgan fingerprint density at radius 3 is 2.42 bits per heavy atom. The summed E-state index contributed by atoms with van der Waals surface area (Å²) in [6, 6.07) is 7.78. The van der Waals surface area contributed by atoms with Crippen LogP contribution in [-0.2, 0) is 20.2 Å². The lowest BCUT2D eigenvalue weighted by Crippen LogP contribution is -2.64. The van der Waals surface area contributed by atoms with Gasteiger partial charge in [-0.3, -0.25) is 4.79 Å². The predicted molar refractivity (Wildman–Crippen MR) is 180 cm³/mol. The van der Waals surface area contributed by atoms with E-state index in [-0.39, 0.29) is 17.9 Å². The van der Waals surface area contributed by atoms with Gasteiger partial charge in [0.2, 0.25) is 11.9 Å². The van der Waals surface area contributed by atoms with Crippen molar-refractivity contribution in [3.05, 3.63) is 54.9 Å². The van der Waals surface area contributed by atoms with Crippen molar-refractivity contribution in [1.82, 2.24) is 20.3 Å². The van der Waals surface area contributed by atoms with Gasteiger partial charge in [-0.15, -0.1) is 0 Å². The van der Waals surface area contributed by atoms with Gasteiger partial charge in [0.1, 0.15) is 11.6 Å². The van der Waals surface area contributed by atoms with Crippen LogP contribution in [0.2, 0.25) is 0 Å². The SMILES string of the molecule is C=CC(=O)NC(C)(C)c1ccc(N2C[C@H](C(C)(C)S(C)(=O)=O)[C@H]2C)c2cnc(Nc3ccnc(N4CCC(C)(O)CC4)n3)cc12. The number of amides is 1. The minimum absolute atomic E-state index is 0.00650. The molecule has 2 atom stereocenters. The standard InChI is InChI=1S/C33H45N7O4S/c1-9-29(41)38-31(3,4)24-10-11-26(40-20-25(21(40)2)32(5,6)45(8,43)44)23-19-35-28(18-22(23)24)36-27-12-15-34-30(37-27)39-16-13-33(7,42)14-17-39/h9-12,15,18-19,21,25,42H,1,13-14,16-17,20H2,2-8H3,(H,38,41)(H,34,35,36,37)/t21-,25+/m1/s1. The lowest BCUT2D eigenvalue weighted by molar-refractivity contribution is -0.118. The Morgan fingerprint density at radius 1 is 1.11 bits per heavy atom. The number of rotatable bonds is 9. The van der Waals surface area contributed by atoms with Crippen LogP contribution in [0.1, 0.15) is 59.9 Å². The van der Waals surface area contributed by atoms with E-state index in [0.717, 1.165) is 22.0 Å². The summed E-state index contributed by atoms with van der Waals surface area (Å²) in [7, 11) is -3.25. The molecule has 4 heterocycles. The largest absolute Gasteiger partial charge is 0.390 e. The molecule has 1 amide bonds. The number of sulfone groups is 1. The number of benzene rings is 1. The van der Waals surface area contributed by atoms with Crippen molar-refractivity contribution in [2.45, 2.75) is 76.3 Å². The summed E-state index contributed by atoms with van der Waals surface area (Å²) in [5, 5.41) is 18.5. The van der Waals surface area contributed by atoms with Crippen LogP contribution in [0, 0.1) is 5.92 Å². The molecule has 3 N–H and O–H groups in total. The number of carbonyl (C=O) groups excluding carboxylic acids is 1. The van der Waals surface area contributed by atoms with Crippen LogP contribution in [-0.4, -0.2) is 76.7 Å². The first kappa shape index (κ1) is 32.6. The fourth-order valence-corrected chi connectivity index (χ4v) is 7.23. The third kappa shape index (κ3) is 6.35. The molecule has 2 fully saturated rings. The fourth-order valence-electron chi connectivity index (χ4n) is 6.41. The van der Waals surface area contributed by atoms with Crippen molar-refractivity contribution >= 4 is 49.8 Å². The molecule has 0 unspecified atom stereocenters. The number of aliphatic hydroxyl groups is 1. The van der Waals surface area contributed by atoms with E-state index in [1.54, 1.807) is 26.1 Å². The molecule has 2 aliphatic heterocycles. The highest BCUT2D eigenvalue weighted by Gasteiger charge is 2.50. The van der Waals surface area contributed by atoms with Crippen molar-refractivity contribution in [2.24, 2.45) is 5.92 Å². The molecule has 11 nitrogen and oxygen atoms in total. The Morgan fingerprint density at radius 2 is 1.80 bits per heavy atom. The maximum Gasteiger partial charge on any atom is 0.244 e. The number of carbonyl (C=O) groups is 1. The third-order valence-electron chi connectivity index (χ3n) is 9.82. The van der Waals surface area contributed by atoms with E-state index in [2.05, 4.69) is 38.9 Å². The minimum atomic E-state index is -3.25. The third-order valence-corrected chi connectivity index (χ3v) is 12.0. The number of nitrogens with one attached hydrogen (secondary N) is 2. The van der Waals surface area contributed by atoms with Crippen LogP contribution in [0.5, 0.6) is 0 Å². The van der Waals surface area contributed by atoms with Gasteiger partial charge in [0.25, 0.3) is 0 Å². The van der Waals surface area contributed by atoms with Crippen molar-refractivity contribution in [3.8, 4) is 0 Å². The Bertz CT molecular complexity index is 1730. The average molecular weight is 636 g/mol. The van der Waals surface area contributed by atoms with Gasteiger partial charge in [0.15, 0.2) is 9.84 Å². The number of aromatic nitrogens is 3. The van der Waals surface area contributed by atoms with Gasteiger partial charge < -0.3 is 25.5 Å². The van der Waals surface area contributed by atoms with Gasteiger partial charge in [-0.2, -0.15) is 4.98 Å². The van der Waals surface area contributed by atoms with E-state index in [1.807, 2.05) is 45.2 Å². The molecular formula is C33H45N7O4S. The maximum absolute atomic E-state index is 12.6. The second-order valence-corrected chi connectivity index (χ2v) is 16.4. The molecule has 242 valence electrons. The highest BCUT2D eigenvalue weighted by molar-refractivity contribution is 7.92. The monoisotopic (exact) mass is 635 g/mol. The first-order chi connectivity index (χ1) is 20.9. The number of fused-ring (bicyclic) bond motifs is 1. The summed E-state index contributed by atoms with van der Waals surface area (Å²) < 4.78 is 24.3. The zero-order chi connectivity index (χ0) is 32.9. The molecule has 3 aromatic rings. The Hall–Kier alpha value is -3.77. The Balaban J connectivity index is 1.50. The number of hydrogen-bond donors (Lipinski definition) is 3. The second kappa shape index (κ2) is 11.5. The van der Waals surface area contributed by atoms with Gasteiger partial charge in [0, 0.05) is 61.3 Å². The first-order valence-corrected chi connectivity index (χ1v) is 17.2. The Labute approximate surface area is 266 Å². The molecule has 5 rings (SSSR count). The molecular weight excluding hydrogens is 590 g/mol. The van der Waals surface area contributed by atoms with Crippen molar-refractivity contribution in [1.29, 1.82) is 0 Å². The van der Waals surface area contributed by atoms with E-state index in [0.29, 0.717) is 50.1 Å². The number of piperidine rings is 1. The van der Waals surface area contributed by atoms with E-state index < -0.39 is 25.7 Å². The lowest BCUT2D eigenvalue weighted by Gasteiger charge is -2.54. The summed E-state index contributed by atoms with van der Waals surface area (Å²) >= 11 is 0. The zero-order valence-corrected chi connectivity index (χ0v) is 28.1. The van der Waals surface area contributed by atoms with Crippen molar-refractivity contribution < 1.29 is 18.3 Å². The van der Waals surface area contributed by atoms with Gasteiger partial charge in [-0.05, 0) is 89.6 Å². The molecule has 0 bridgehead atoms. The molecule has 2 saturated heterocycles. The smallest absolute Gasteiger partial charge is 0.244 e. The summed E-state index contributed by atoms with van der Waals surface area (Å²) in [6.45, 7) is 17.0. The molecule has 2 aromatic heterocycles. The normalized spacial score (nSPS) is 20.4. The summed E-state index contributed by atoms with van der Waals surface area (Å²) in [5.74, 6) is 1.44. The van der Waals surface area contributed by atoms with E-state index in [4.69, 9.17) is 9.97 Å². The van der Waals surface area contributed by atoms with E-state index in [1.165, 1.54) is 12.3 Å². The molecule has 0 aliphatic carbocycles. The van der Waals surface area contributed by atoms with Crippen LogP contribution in [0.15, 0.2) is 49.3 Å². The summed E-state index contributed by atoms with van der Waals surface area (Å²) in [4.78, 5) is 30.6. The van der Waals surface area contributed by atoms with E-state index in [9.17, 15) is 18.3 Å². The van der Waals surface area contributed by atoms with Gasteiger partial charge in [-0.1, -0.05) is 12.6 Å². The fraction of sp³-hybridized carbons (Fsp3) is 0.515. The van der Waals surface area contributed by atoms with E-state index >= 15 is 0 Å². The van der Waals surface area contributed by atoms with Crippen molar-refractivity contribution in [2.75, 3.05) is 41.0 Å². The van der Waals surface area contributed by atoms with Gasteiger partial charge >= 0.3 is 0 Å². The van der Waals surface area contributed by atoms with Crippen LogP contribution in [0.25, 0.3) is 10.8 Å². The number of nitrogens with zero attached hydrogens (tertiary/aromatic N) is 5. The molecule has 12 heteroatoms. The molecule has 1 aromatic carbocycles. The topological polar surface area (TPSA) is 141 Å². The lowest BCUT2D eigenvalue weighted by atomic mass is 9.79. The average Bonchev–Trinajstić information content (AvgIpc) is 2.95. The highest BCUT2D eigenvalue weighted by Crippen LogP contribution is 2.44. The molecule has 0 saturated carbocycles. The second-order valence-electron chi connectivity index (χ2n) is 13.8. The minimum Gasteiger partial charge on any atom is -0.390 e. The zero-order valence-electron chi connectivity index (χ0n) is 27.3. The molecule has 2 aliphatic rings. The highest BCUT2D eigenvalue weighted by atomic mass is 32.2. The molecule has 0 radical (unpaired) electrons. The molecule has 0 spiro atoms. The maximum atomic E-state index is 12.6. The Kier molecular flexibility index (Phi) is 8.37. The van der Waals surface area contributed by atoms with Crippen LogP contribution < -0.4 is 20.4 Å². The van der Waals surface area contributed by atoms with Crippen LogP contribution >= 0.6 is 0 Å². The molecule has 45 heavy (non-hydrogen) atoms. The number of hydrogen-bond acceptors (Lipinski definition) is 10. The van der Waals surface area contributed by atoms with Gasteiger partial charge in [-0.25, -0.2) is 18.4 Å². The quantitative estimate of drug-likeness (QED) is 0.292. The first-order valence-electron chi connectivity index (χ1n) is 15.3. The number of anilines is 4.